The van der Waals surface area contributed by atoms with Gasteiger partial charge in [0.25, 0.3) is 0 Å². The Morgan fingerprint density at radius 2 is 2.07 bits per heavy atom. The topological polar surface area (TPSA) is 95.4 Å². The maximum atomic E-state index is 10.4. The van der Waals surface area contributed by atoms with Gasteiger partial charge in [0.2, 0.25) is 0 Å². The van der Waals surface area contributed by atoms with E-state index in [1.54, 1.807) is 19.9 Å². The zero-order chi connectivity index (χ0) is 21.7. The molecule has 0 amide bonds. The van der Waals surface area contributed by atoms with E-state index in [1.807, 2.05) is 35.9 Å². The summed E-state index contributed by atoms with van der Waals surface area (Å²) in [6, 6.07) is 7.37. The van der Waals surface area contributed by atoms with Crippen LogP contribution in [0.25, 0.3) is 11.0 Å². The summed E-state index contributed by atoms with van der Waals surface area (Å²) >= 11 is 12.2. The minimum atomic E-state index is -1.33. The number of anilines is 1. The number of fused-ring (bicyclic) bond motifs is 1. The van der Waals surface area contributed by atoms with E-state index in [0.717, 1.165) is 10.9 Å². The van der Waals surface area contributed by atoms with E-state index in [9.17, 15) is 5.11 Å². The Bertz CT molecular complexity index is 1080. The molecule has 9 heteroatoms. The van der Waals surface area contributed by atoms with Crippen molar-refractivity contribution in [1.29, 1.82) is 0 Å². The molecule has 3 unspecified atom stereocenters. The SMILES string of the molecule is CC(C)(O)OC1(C)CC(n2ccc3c(N)ncnc32)OC1Cc1ccc(Cl)c(Cl)c1. The standard InChI is InChI=1S/C21H24Cl2N4O3/c1-20(2,28)30-21(3)10-17(27-7-6-13-18(24)25-11-26-19(13)27)29-16(21)9-12-4-5-14(22)15(23)8-12/h4-8,11,16-17,28H,9-10H2,1-3H3,(H2,24,25,26). The Kier molecular flexibility index (Phi) is 5.45. The first kappa shape index (κ1) is 21.3. The molecule has 7 nitrogen and oxygen atoms in total. The van der Waals surface area contributed by atoms with Crippen molar-refractivity contribution in [2.75, 3.05) is 5.73 Å². The van der Waals surface area contributed by atoms with E-state index in [0.29, 0.717) is 34.4 Å². The Balaban J connectivity index is 1.68. The number of aromatic nitrogens is 3. The third-order valence-electron chi connectivity index (χ3n) is 5.32. The number of halogens is 2. The highest BCUT2D eigenvalue weighted by Gasteiger charge is 2.49. The molecular formula is C21H24Cl2N4O3. The third kappa shape index (κ3) is 4.13. The van der Waals surface area contributed by atoms with Crippen LogP contribution in [0.1, 0.15) is 39.0 Å². The first-order valence-corrected chi connectivity index (χ1v) is 10.4. The van der Waals surface area contributed by atoms with Crippen LogP contribution < -0.4 is 5.73 Å². The summed E-state index contributed by atoms with van der Waals surface area (Å²) in [5.74, 6) is -0.909. The van der Waals surface area contributed by atoms with Crippen molar-refractivity contribution in [3.05, 3.63) is 52.4 Å². The molecule has 1 aromatic carbocycles. The van der Waals surface area contributed by atoms with Crippen molar-refractivity contribution in [2.45, 2.75) is 57.3 Å². The van der Waals surface area contributed by atoms with E-state index in [2.05, 4.69) is 9.97 Å². The number of nitrogen functional groups attached to an aromatic ring is 1. The molecule has 4 rings (SSSR count). The van der Waals surface area contributed by atoms with Crippen molar-refractivity contribution >= 4 is 40.1 Å². The number of ether oxygens (including phenoxy) is 2. The maximum absolute atomic E-state index is 10.4. The lowest BCUT2D eigenvalue weighted by Gasteiger charge is -2.35. The van der Waals surface area contributed by atoms with Gasteiger partial charge in [0, 0.05) is 19.0 Å². The van der Waals surface area contributed by atoms with Gasteiger partial charge >= 0.3 is 0 Å². The maximum Gasteiger partial charge on any atom is 0.160 e. The van der Waals surface area contributed by atoms with Crippen LogP contribution in [0.4, 0.5) is 5.82 Å². The molecule has 3 aromatic rings. The Labute approximate surface area is 184 Å². The minimum Gasteiger partial charge on any atom is -0.383 e. The van der Waals surface area contributed by atoms with Crippen molar-refractivity contribution in [3.8, 4) is 0 Å². The van der Waals surface area contributed by atoms with E-state index in [1.165, 1.54) is 6.33 Å². The molecule has 160 valence electrons. The molecule has 0 aliphatic carbocycles. The van der Waals surface area contributed by atoms with Gasteiger partial charge in [-0.1, -0.05) is 29.3 Å². The van der Waals surface area contributed by atoms with Gasteiger partial charge in [-0.2, -0.15) is 0 Å². The predicted molar refractivity (Wildman–Crippen MR) is 116 cm³/mol. The second-order valence-corrected chi connectivity index (χ2v) is 9.13. The molecule has 1 aliphatic rings. The molecule has 1 fully saturated rings. The lowest BCUT2D eigenvalue weighted by molar-refractivity contribution is -0.251. The van der Waals surface area contributed by atoms with E-state index >= 15 is 0 Å². The normalized spacial score (nSPS) is 24.6. The number of rotatable bonds is 5. The largest absolute Gasteiger partial charge is 0.383 e. The molecule has 0 spiro atoms. The number of benzene rings is 1. The molecule has 3 atom stereocenters. The van der Waals surface area contributed by atoms with Gasteiger partial charge in [0.05, 0.1) is 27.1 Å². The van der Waals surface area contributed by atoms with Gasteiger partial charge in [-0.3, -0.25) is 0 Å². The van der Waals surface area contributed by atoms with E-state index in [4.69, 9.17) is 38.4 Å². The second kappa shape index (κ2) is 7.66. The number of hydrogen-bond donors (Lipinski definition) is 2. The molecule has 3 heterocycles. The number of nitrogens with zero attached hydrogens (tertiary/aromatic N) is 3. The van der Waals surface area contributed by atoms with Crippen LogP contribution in [0.5, 0.6) is 0 Å². The van der Waals surface area contributed by atoms with Gasteiger partial charge in [0.15, 0.2) is 5.79 Å². The summed E-state index contributed by atoms with van der Waals surface area (Å²) in [6.45, 7) is 5.17. The summed E-state index contributed by atoms with van der Waals surface area (Å²) < 4.78 is 14.5. The quantitative estimate of drug-likeness (QED) is 0.560. The zero-order valence-corrected chi connectivity index (χ0v) is 18.5. The van der Waals surface area contributed by atoms with E-state index < -0.39 is 11.4 Å². The van der Waals surface area contributed by atoms with Crippen molar-refractivity contribution in [1.82, 2.24) is 14.5 Å². The average molecular weight is 451 g/mol. The average Bonchev–Trinajstić information content (AvgIpc) is 3.19. The third-order valence-corrected chi connectivity index (χ3v) is 6.06. The first-order chi connectivity index (χ1) is 14.1. The highest BCUT2D eigenvalue weighted by molar-refractivity contribution is 6.42. The summed E-state index contributed by atoms with van der Waals surface area (Å²) in [5.41, 5.74) is 6.87. The van der Waals surface area contributed by atoms with Gasteiger partial charge in [-0.15, -0.1) is 0 Å². The van der Waals surface area contributed by atoms with Crippen molar-refractivity contribution in [2.24, 2.45) is 0 Å². The monoisotopic (exact) mass is 450 g/mol. The van der Waals surface area contributed by atoms with E-state index in [-0.39, 0.29) is 12.3 Å². The highest BCUT2D eigenvalue weighted by atomic mass is 35.5. The number of nitrogens with two attached hydrogens (primary N) is 1. The van der Waals surface area contributed by atoms with Gasteiger partial charge in [-0.05, 0) is 44.5 Å². The molecule has 3 N–H and O–H groups in total. The molecule has 1 aliphatic heterocycles. The Morgan fingerprint density at radius 3 is 2.77 bits per heavy atom. The Hall–Kier alpha value is -1.90. The number of hydrogen-bond acceptors (Lipinski definition) is 6. The molecule has 0 saturated carbocycles. The van der Waals surface area contributed by atoms with Gasteiger partial charge < -0.3 is 24.9 Å². The van der Waals surface area contributed by atoms with Crippen LogP contribution in [0.15, 0.2) is 36.8 Å². The second-order valence-electron chi connectivity index (χ2n) is 8.32. The van der Waals surface area contributed by atoms with Crippen LogP contribution in [-0.2, 0) is 15.9 Å². The Morgan fingerprint density at radius 1 is 1.30 bits per heavy atom. The fourth-order valence-electron chi connectivity index (χ4n) is 4.07. The minimum absolute atomic E-state index is 0.345. The van der Waals surface area contributed by atoms with Crippen LogP contribution in [0, 0.1) is 0 Å². The van der Waals surface area contributed by atoms with Crippen LogP contribution >= 0.6 is 23.2 Å². The molecule has 2 aromatic heterocycles. The van der Waals surface area contributed by atoms with Crippen molar-refractivity contribution in [3.63, 3.8) is 0 Å². The summed E-state index contributed by atoms with van der Waals surface area (Å²) in [4.78, 5) is 8.41. The molecular weight excluding hydrogens is 427 g/mol. The lowest BCUT2D eigenvalue weighted by Crippen LogP contribution is -2.45. The first-order valence-electron chi connectivity index (χ1n) is 9.65. The highest BCUT2D eigenvalue weighted by Crippen LogP contribution is 2.43. The fraction of sp³-hybridized carbons (Fsp3) is 0.429. The van der Waals surface area contributed by atoms with Crippen LogP contribution in [0.3, 0.4) is 0 Å². The lowest BCUT2D eigenvalue weighted by atomic mass is 9.91. The molecule has 1 saturated heterocycles. The van der Waals surface area contributed by atoms with Crippen LogP contribution in [0.2, 0.25) is 10.0 Å². The smallest absolute Gasteiger partial charge is 0.160 e. The zero-order valence-electron chi connectivity index (χ0n) is 17.0. The fourth-order valence-corrected chi connectivity index (χ4v) is 4.39. The summed E-state index contributed by atoms with van der Waals surface area (Å²) in [7, 11) is 0. The van der Waals surface area contributed by atoms with Gasteiger partial charge in [0.1, 0.15) is 24.0 Å². The van der Waals surface area contributed by atoms with Crippen LogP contribution in [-0.4, -0.2) is 37.1 Å². The number of aliphatic hydroxyl groups is 1. The molecule has 0 bridgehead atoms. The molecule has 0 radical (unpaired) electrons. The summed E-state index contributed by atoms with van der Waals surface area (Å²) in [6.07, 6.45) is 3.67. The summed E-state index contributed by atoms with van der Waals surface area (Å²) in [5, 5.41) is 12.1. The molecule has 30 heavy (non-hydrogen) atoms. The van der Waals surface area contributed by atoms with Gasteiger partial charge in [-0.25, -0.2) is 9.97 Å². The van der Waals surface area contributed by atoms with Crippen molar-refractivity contribution < 1.29 is 14.6 Å². The predicted octanol–water partition coefficient (Wildman–Crippen LogP) is 4.35.